The van der Waals surface area contributed by atoms with Gasteiger partial charge in [-0.2, -0.15) is 0 Å². The Kier molecular flexibility index (Phi) is 3.92. The molecule has 3 N–H and O–H groups in total. The molecular formula is C12H14N4O5. The van der Waals surface area contributed by atoms with E-state index in [4.69, 9.17) is 4.74 Å². The predicted molar refractivity (Wildman–Crippen MR) is 74.4 cm³/mol. The lowest BCUT2D eigenvalue weighted by Gasteiger charge is -2.20. The highest BCUT2D eigenvalue weighted by molar-refractivity contribution is 5.97. The molecule has 9 nitrogen and oxygen atoms in total. The molecule has 0 bridgehead atoms. The van der Waals surface area contributed by atoms with Gasteiger partial charge in [-0.1, -0.05) is 0 Å². The van der Waals surface area contributed by atoms with Crippen LogP contribution in [-0.4, -0.2) is 36.4 Å². The fraction of sp³-hybridized carbons (Fsp3) is 0.333. The monoisotopic (exact) mass is 294 g/mol. The van der Waals surface area contributed by atoms with Crippen molar-refractivity contribution in [3.63, 3.8) is 0 Å². The summed E-state index contributed by atoms with van der Waals surface area (Å²) in [7, 11) is 1.47. The second-order valence-electron chi connectivity index (χ2n) is 4.44. The Morgan fingerprint density at radius 2 is 2.24 bits per heavy atom. The van der Waals surface area contributed by atoms with E-state index in [2.05, 4.69) is 16.0 Å². The molecule has 1 heterocycles. The molecule has 1 atom stereocenters. The summed E-state index contributed by atoms with van der Waals surface area (Å²) in [5.41, 5.74) is 0.213. The number of rotatable bonds is 4. The Hall–Kier alpha value is -2.84. The average Bonchev–Trinajstić information content (AvgIpc) is 2.45. The molecule has 0 saturated carbocycles. The number of hydrogen-bond acceptors (Lipinski definition) is 6. The lowest BCUT2D eigenvalue weighted by Crippen LogP contribution is -2.35. The largest absolute Gasteiger partial charge is 0.481 e. The number of hydrogen-bond donors (Lipinski definition) is 3. The van der Waals surface area contributed by atoms with Crippen molar-refractivity contribution in [3.8, 4) is 5.75 Å². The summed E-state index contributed by atoms with van der Waals surface area (Å²) >= 11 is 0. The molecule has 0 radical (unpaired) electrons. The van der Waals surface area contributed by atoms with Gasteiger partial charge in [0.05, 0.1) is 16.7 Å². The molecule has 2 amide bonds. The number of likely N-dealkylation sites (N-methyl/N-ethyl adjacent to an activating group) is 1. The van der Waals surface area contributed by atoms with Crippen LogP contribution < -0.4 is 20.7 Å². The van der Waals surface area contributed by atoms with E-state index in [1.807, 2.05) is 0 Å². The Balaban J connectivity index is 2.38. The van der Waals surface area contributed by atoms with Crippen molar-refractivity contribution in [1.82, 2.24) is 5.32 Å². The molecule has 0 aliphatic carbocycles. The number of nitro benzene ring substituents is 1. The molecule has 0 saturated heterocycles. The topological polar surface area (TPSA) is 123 Å². The number of carbonyl (C=O) groups excluding carboxylic acids is 2. The number of carbonyl (C=O) groups is 2. The molecule has 1 unspecified atom stereocenters. The SMILES string of the molecule is CNC(=O)C(C)Nc1cc2c(cc1[N+](=O)[O-])OCC(=O)N2. The maximum atomic E-state index is 11.5. The van der Waals surface area contributed by atoms with E-state index in [9.17, 15) is 19.7 Å². The minimum atomic E-state index is -0.674. The maximum Gasteiger partial charge on any atom is 0.296 e. The van der Waals surface area contributed by atoms with Gasteiger partial charge >= 0.3 is 0 Å². The second-order valence-corrected chi connectivity index (χ2v) is 4.44. The van der Waals surface area contributed by atoms with Crippen LogP contribution in [0.5, 0.6) is 5.75 Å². The summed E-state index contributed by atoms with van der Waals surface area (Å²) < 4.78 is 5.13. The van der Waals surface area contributed by atoms with Crippen molar-refractivity contribution in [2.24, 2.45) is 0 Å². The van der Waals surface area contributed by atoms with Gasteiger partial charge in [0.2, 0.25) is 5.91 Å². The summed E-state index contributed by atoms with van der Waals surface area (Å²) in [6, 6.07) is 1.92. The van der Waals surface area contributed by atoms with Gasteiger partial charge in [-0.15, -0.1) is 0 Å². The molecular weight excluding hydrogens is 280 g/mol. The number of ether oxygens (including phenoxy) is 1. The Morgan fingerprint density at radius 3 is 2.86 bits per heavy atom. The maximum absolute atomic E-state index is 11.5. The van der Waals surface area contributed by atoms with Gasteiger partial charge in [-0.25, -0.2) is 0 Å². The fourth-order valence-electron chi connectivity index (χ4n) is 1.90. The van der Waals surface area contributed by atoms with Crippen molar-refractivity contribution in [2.75, 3.05) is 24.3 Å². The Morgan fingerprint density at radius 1 is 1.52 bits per heavy atom. The van der Waals surface area contributed by atoms with Crippen LogP contribution in [0.4, 0.5) is 17.1 Å². The molecule has 0 spiro atoms. The Bertz CT molecular complexity index is 616. The first-order valence-corrected chi connectivity index (χ1v) is 6.15. The van der Waals surface area contributed by atoms with Crippen molar-refractivity contribution in [1.29, 1.82) is 0 Å². The zero-order valence-corrected chi connectivity index (χ0v) is 11.4. The molecule has 0 fully saturated rings. The molecule has 9 heteroatoms. The first-order valence-electron chi connectivity index (χ1n) is 6.15. The number of benzene rings is 1. The highest BCUT2D eigenvalue weighted by atomic mass is 16.6. The zero-order chi connectivity index (χ0) is 15.6. The van der Waals surface area contributed by atoms with Crippen molar-refractivity contribution >= 4 is 28.9 Å². The number of nitrogens with zero attached hydrogens (tertiary/aromatic N) is 1. The van der Waals surface area contributed by atoms with Gasteiger partial charge in [0.15, 0.2) is 12.4 Å². The molecule has 2 rings (SSSR count). The number of amides is 2. The molecule has 112 valence electrons. The van der Waals surface area contributed by atoms with E-state index in [1.54, 1.807) is 6.92 Å². The lowest BCUT2D eigenvalue weighted by atomic mass is 10.2. The number of fused-ring (bicyclic) bond motifs is 1. The molecule has 1 aromatic carbocycles. The summed E-state index contributed by atoms with van der Waals surface area (Å²) in [6.07, 6.45) is 0. The molecule has 0 aromatic heterocycles. The highest BCUT2D eigenvalue weighted by Gasteiger charge is 2.25. The van der Waals surface area contributed by atoms with E-state index in [0.717, 1.165) is 0 Å². The first-order chi connectivity index (χ1) is 9.92. The minimum Gasteiger partial charge on any atom is -0.481 e. The molecule has 21 heavy (non-hydrogen) atoms. The lowest BCUT2D eigenvalue weighted by molar-refractivity contribution is -0.384. The van der Waals surface area contributed by atoms with Gasteiger partial charge < -0.3 is 20.7 Å². The molecule has 1 aromatic rings. The average molecular weight is 294 g/mol. The Labute approximate surface area is 119 Å². The van der Waals surface area contributed by atoms with Crippen LogP contribution in [0.2, 0.25) is 0 Å². The number of nitro groups is 1. The van der Waals surface area contributed by atoms with Crippen LogP contribution in [0, 0.1) is 10.1 Å². The third-order valence-electron chi connectivity index (χ3n) is 2.94. The van der Waals surface area contributed by atoms with Gasteiger partial charge in [0.25, 0.3) is 11.6 Å². The van der Waals surface area contributed by atoms with E-state index in [-0.39, 0.29) is 35.5 Å². The van der Waals surface area contributed by atoms with Crippen molar-refractivity contribution in [2.45, 2.75) is 13.0 Å². The van der Waals surface area contributed by atoms with E-state index < -0.39 is 11.0 Å². The normalized spacial score (nSPS) is 14.3. The van der Waals surface area contributed by atoms with Crippen LogP contribution in [0.25, 0.3) is 0 Å². The third-order valence-corrected chi connectivity index (χ3v) is 2.94. The van der Waals surface area contributed by atoms with E-state index >= 15 is 0 Å². The van der Waals surface area contributed by atoms with Gasteiger partial charge in [0, 0.05) is 7.05 Å². The van der Waals surface area contributed by atoms with Crippen molar-refractivity contribution in [3.05, 3.63) is 22.2 Å². The van der Waals surface area contributed by atoms with Crippen LogP contribution in [0.3, 0.4) is 0 Å². The van der Waals surface area contributed by atoms with Crippen LogP contribution in [-0.2, 0) is 9.59 Å². The number of anilines is 2. The zero-order valence-electron chi connectivity index (χ0n) is 11.4. The fourth-order valence-corrected chi connectivity index (χ4v) is 1.90. The predicted octanol–water partition coefficient (Wildman–Crippen LogP) is 0.472. The second kappa shape index (κ2) is 5.65. The summed E-state index contributed by atoms with van der Waals surface area (Å²) in [5, 5.41) is 18.9. The first kappa shape index (κ1) is 14.6. The quantitative estimate of drug-likeness (QED) is 0.548. The van der Waals surface area contributed by atoms with Crippen LogP contribution >= 0.6 is 0 Å². The highest BCUT2D eigenvalue weighted by Crippen LogP contribution is 2.38. The van der Waals surface area contributed by atoms with Crippen LogP contribution in [0.15, 0.2) is 12.1 Å². The van der Waals surface area contributed by atoms with Crippen molar-refractivity contribution < 1.29 is 19.2 Å². The standard InChI is InChI=1S/C12H14N4O5/c1-6(12(18)13-2)14-7-3-8-10(4-9(7)16(19)20)21-5-11(17)15-8/h3-4,6,14H,5H2,1-2H3,(H,13,18)(H,15,17). The summed E-state index contributed by atoms with van der Waals surface area (Å²) in [6.45, 7) is 1.38. The van der Waals surface area contributed by atoms with Gasteiger partial charge in [0.1, 0.15) is 11.7 Å². The summed E-state index contributed by atoms with van der Waals surface area (Å²) in [4.78, 5) is 33.3. The molecule has 1 aliphatic heterocycles. The van der Waals surface area contributed by atoms with Crippen LogP contribution in [0.1, 0.15) is 6.92 Å². The molecule has 1 aliphatic rings. The van der Waals surface area contributed by atoms with Gasteiger partial charge in [-0.3, -0.25) is 19.7 Å². The van der Waals surface area contributed by atoms with E-state index in [0.29, 0.717) is 5.69 Å². The smallest absolute Gasteiger partial charge is 0.296 e. The van der Waals surface area contributed by atoms with E-state index in [1.165, 1.54) is 19.2 Å². The summed E-state index contributed by atoms with van der Waals surface area (Å²) in [5.74, 6) is -0.441. The van der Waals surface area contributed by atoms with Gasteiger partial charge in [-0.05, 0) is 13.0 Å². The number of nitrogens with one attached hydrogen (secondary N) is 3. The minimum absolute atomic E-state index is 0.126. The third kappa shape index (κ3) is 3.02.